The minimum atomic E-state index is 1.01. The molecule has 0 aromatic carbocycles. The van der Waals surface area contributed by atoms with Gasteiger partial charge in [-0.25, -0.2) is 4.98 Å². The van der Waals surface area contributed by atoms with E-state index in [1.165, 1.54) is 5.56 Å². The summed E-state index contributed by atoms with van der Waals surface area (Å²) in [6.45, 7) is 6.03. The Labute approximate surface area is 75.2 Å². The van der Waals surface area contributed by atoms with Gasteiger partial charge in [0.25, 0.3) is 0 Å². The highest BCUT2D eigenvalue weighted by Gasteiger charge is 1.92. The van der Waals surface area contributed by atoms with Crippen molar-refractivity contribution in [3.63, 3.8) is 0 Å². The van der Waals surface area contributed by atoms with Crippen molar-refractivity contribution in [2.75, 3.05) is 19.0 Å². The van der Waals surface area contributed by atoms with Crippen LogP contribution in [-0.2, 0) is 0 Å². The van der Waals surface area contributed by atoms with Crippen LogP contribution in [0.25, 0.3) is 0 Å². The summed E-state index contributed by atoms with van der Waals surface area (Å²) in [4.78, 5) is 6.19. The predicted octanol–water partition coefficient (Wildman–Crippen LogP) is 2.48. The van der Waals surface area contributed by atoms with Crippen LogP contribution in [-0.4, -0.2) is 19.1 Å². The SMILES string of the molecule is CC.Cc1ccc(N(C)C)nc1. The average Bonchev–Trinajstić information content (AvgIpc) is 2.09. The van der Waals surface area contributed by atoms with E-state index in [1.807, 2.05) is 52.0 Å². The molecule has 0 aliphatic heterocycles. The third-order valence-electron chi connectivity index (χ3n) is 1.35. The van der Waals surface area contributed by atoms with Crippen LogP contribution in [0.5, 0.6) is 0 Å². The number of aromatic nitrogens is 1. The lowest BCUT2D eigenvalue weighted by Crippen LogP contribution is -2.09. The van der Waals surface area contributed by atoms with Crippen molar-refractivity contribution in [3.05, 3.63) is 23.9 Å². The molecule has 0 amide bonds. The zero-order chi connectivity index (χ0) is 9.56. The zero-order valence-electron chi connectivity index (χ0n) is 8.63. The monoisotopic (exact) mass is 166 g/mol. The quantitative estimate of drug-likeness (QED) is 0.637. The fraction of sp³-hybridized carbons (Fsp3) is 0.500. The Bertz CT molecular complexity index is 202. The molecule has 1 rings (SSSR count). The van der Waals surface area contributed by atoms with E-state index in [4.69, 9.17) is 0 Å². The Morgan fingerprint density at radius 2 is 1.75 bits per heavy atom. The molecule has 0 radical (unpaired) electrons. The molecular weight excluding hydrogens is 148 g/mol. The molecule has 0 aliphatic rings. The first-order valence-electron chi connectivity index (χ1n) is 4.30. The number of rotatable bonds is 1. The number of anilines is 1. The van der Waals surface area contributed by atoms with E-state index < -0.39 is 0 Å². The van der Waals surface area contributed by atoms with Gasteiger partial charge in [-0.05, 0) is 18.6 Å². The summed E-state index contributed by atoms with van der Waals surface area (Å²) in [6, 6.07) is 4.07. The molecule has 0 bridgehead atoms. The van der Waals surface area contributed by atoms with Crippen molar-refractivity contribution >= 4 is 5.82 Å². The fourth-order valence-corrected chi connectivity index (χ4v) is 0.725. The van der Waals surface area contributed by atoms with E-state index in [-0.39, 0.29) is 0 Å². The minimum Gasteiger partial charge on any atom is -0.363 e. The number of aryl methyl sites for hydroxylation is 1. The number of nitrogens with zero attached hydrogens (tertiary/aromatic N) is 2. The molecular formula is C10H18N2. The van der Waals surface area contributed by atoms with Gasteiger partial charge in [-0.15, -0.1) is 0 Å². The summed E-state index contributed by atoms with van der Waals surface area (Å²) >= 11 is 0. The largest absolute Gasteiger partial charge is 0.363 e. The molecule has 0 fully saturated rings. The van der Waals surface area contributed by atoms with Crippen molar-refractivity contribution in [1.82, 2.24) is 4.98 Å². The van der Waals surface area contributed by atoms with Crippen LogP contribution in [0, 0.1) is 6.92 Å². The smallest absolute Gasteiger partial charge is 0.127 e. The standard InChI is InChI=1S/C8H12N2.C2H6/c1-7-4-5-8(9-6-7)10(2)3;1-2/h4-6H,1-3H3;1-2H3. The van der Waals surface area contributed by atoms with Gasteiger partial charge >= 0.3 is 0 Å². The molecule has 2 heteroatoms. The molecule has 0 spiro atoms. The first-order valence-corrected chi connectivity index (χ1v) is 4.30. The van der Waals surface area contributed by atoms with Crippen LogP contribution in [0.15, 0.2) is 18.3 Å². The number of hydrogen-bond acceptors (Lipinski definition) is 2. The van der Waals surface area contributed by atoms with Crippen molar-refractivity contribution < 1.29 is 0 Å². The summed E-state index contributed by atoms with van der Waals surface area (Å²) in [5.74, 6) is 1.01. The normalized spacial score (nSPS) is 8.42. The Kier molecular flexibility index (Phi) is 5.09. The summed E-state index contributed by atoms with van der Waals surface area (Å²) in [6.07, 6.45) is 1.87. The molecule has 0 saturated carbocycles. The van der Waals surface area contributed by atoms with E-state index in [0.717, 1.165) is 5.82 Å². The maximum absolute atomic E-state index is 4.20. The molecule has 1 aromatic rings. The van der Waals surface area contributed by atoms with Crippen molar-refractivity contribution in [2.24, 2.45) is 0 Å². The Morgan fingerprint density at radius 1 is 1.17 bits per heavy atom. The zero-order valence-corrected chi connectivity index (χ0v) is 8.63. The second-order valence-electron chi connectivity index (χ2n) is 2.59. The summed E-state index contributed by atoms with van der Waals surface area (Å²) in [5.41, 5.74) is 1.20. The third kappa shape index (κ3) is 3.37. The summed E-state index contributed by atoms with van der Waals surface area (Å²) in [5, 5.41) is 0. The topological polar surface area (TPSA) is 16.1 Å². The van der Waals surface area contributed by atoms with E-state index in [9.17, 15) is 0 Å². The molecule has 1 aromatic heterocycles. The van der Waals surface area contributed by atoms with Crippen LogP contribution < -0.4 is 4.90 Å². The molecule has 0 aliphatic carbocycles. The molecule has 68 valence electrons. The van der Waals surface area contributed by atoms with Crippen LogP contribution in [0.1, 0.15) is 19.4 Å². The van der Waals surface area contributed by atoms with Crippen LogP contribution in [0.3, 0.4) is 0 Å². The highest BCUT2D eigenvalue weighted by molar-refractivity contribution is 5.36. The molecule has 0 N–H and O–H groups in total. The first kappa shape index (κ1) is 11.0. The van der Waals surface area contributed by atoms with Crippen molar-refractivity contribution in [3.8, 4) is 0 Å². The van der Waals surface area contributed by atoms with E-state index in [1.54, 1.807) is 0 Å². The lowest BCUT2D eigenvalue weighted by Gasteiger charge is -2.09. The fourth-order valence-electron chi connectivity index (χ4n) is 0.725. The van der Waals surface area contributed by atoms with Gasteiger partial charge in [0, 0.05) is 20.3 Å². The van der Waals surface area contributed by atoms with Crippen LogP contribution >= 0.6 is 0 Å². The lowest BCUT2D eigenvalue weighted by atomic mass is 10.3. The highest BCUT2D eigenvalue weighted by Crippen LogP contribution is 2.05. The van der Waals surface area contributed by atoms with Crippen LogP contribution in [0.4, 0.5) is 5.82 Å². The molecule has 2 nitrogen and oxygen atoms in total. The van der Waals surface area contributed by atoms with Gasteiger partial charge in [0.15, 0.2) is 0 Å². The summed E-state index contributed by atoms with van der Waals surface area (Å²) < 4.78 is 0. The third-order valence-corrected chi connectivity index (χ3v) is 1.35. The Balaban J connectivity index is 0.000000561. The van der Waals surface area contributed by atoms with Gasteiger partial charge in [-0.1, -0.05) is 19.9 Å². The van der Waals surface area contributed by atoms with Gasteiger partial charge in [-0.2, -0.15) is 0 Å². The predicted molar refractivity (Wildman–Crippen MR) is 54.6 cm³/mol. The molecule has 12 heavy (non-hydrogen) atoms. The van der Waals surface area contributed by atoms with E-state index in [2.05, 4.69) is 11.1 Å². The Hall–Kier alpha value is -1.05. The molecule has 0 atom stereocenters. The van der Waals surface area contributed by atoms with Crippen LogP contribution in [0.2, 0.25) is 0 Å². The summed E-state index contributed by atoms with van der Waals surface area (Å²) in [7, 11) is 3.97. The van der Waals surface area contributed by atoms with Gasteiger partial charge < -0.3 is 4.90 Å². The number of pyridine rings is 1. The maximum Gasteiger partial charge on any atom is 0.127 e. The van der Waals surface area contributed by atoms with E-state index >= 15 is 0 Å². The van der Waals surface area contributed by atoms with E-state index in [0.29, 0.717) is 0 Å². The molecule has 0 unspecified atom stereocenters. The highest BCUT2D eigenvalue weighted by atomic mass is 15.1. The molecule has 1 heterocycles. The number of hydrogen-bond donors (Lipinski definition) is 0. The molecule has 0 saturated heterocycles. The first-order chi connectivity index (χ1) is 5.70. The average molecular weight is 166 g/mol. The second kappa shape index (κ2) is 5.58. The maximum atomic E-state index is 4.20. The van der Waals surface area contributed by atoms with Crippen molar-refractivity contribution in [1.29, 1.82) is 0 Å². The van der Waals surface area contributed by atoms with Gasteiger partial charge in [0.1, 0.15) is 5.82 Å². The second-order valence-corrected chi connectivity index (χ2v) is 2.59. The van der Waals surface area contributed by atoms with Gasteiger partial charge in [-0.3, -0.25) is 0 Å². The van der Waals surface area contributed by atoms with Gasteiger partial charge in [0.2, 0.25) is 0 Å². The van der Waals surface area contributed by atoms with Crippen molar-refractivity contribution in [2.45, 2.75) is 20.8 Å². The van der Waals surface area contributed by atoms with Gasteiger partial charge in [0.05, 0.1) is 0 Å². The minimum absolute atomic E-state index is 1.01. The Morgan fingerprint density at radius 3 is 2.08 bits per heavy atom. The lowest BCUT2D eigenvalue weighted by molar-refractivity contribution is 1.06.